The van der Waals surface area contributed by atoms with Crippen molar-refractivity contribution in [3.63, 3.8) is 0 Å². The summed E-state index contributed by atoms with van der Waals surface area (Å²) < 4.78 is 1.95. The summed E-state index contributed by atoms with van der Waals surface area (Å²) in [5.74, 6) is 0.325. The Kier molecular flexibility index (Phi) is 4.69. The SMILES string of the molecule is CCn1c(NC(=O)[C@H](C)N)nc2ccccc21.Cl. The number of nitrogens with one attached hydrogen (secondary N) is 1. The van der Waals surface area contributed by atoms with Gasteiger partial charge in [-0.25, -0.2) is 4.98 Å². The number of anilines is 1. The van der Waals surface area contributed by atoms with Gasteiger partial charge in [-0.15, -0.1) is 12.4 Å². The van der Waals surface area contributed by atoms with Crippen molar-refractivity contribution in [2.24, 2.45) is 5.73 Å². The second-order valence-corrected chi connectivity index (χ2v) is 3.95. The van der Waals surface area contributed by atoms with Crippen LogP contribution in [0.5, 0.6) is 0 Å². The van der Waals surface area contributed by atoms with Gasteiger partial charge < -0.3 is 10.3 Å². The Balaban J connectivity index is 0.00000162. The van der Waals surface area contributed by atoms with E-state index in [0.717, 1.165) is 17.6 Å². The van der Waals surface area contributed by atoms with Crippen LogP contribution in [0.4, 0.5) is 5.95 Å². The smallest absolute Gasteiger partial charge is 0.243 e. The maximum absolute atomic E-state index is 11.6. The van der Waals surface area contributed by atoms with Crippen LogP contribution in [-0.4, -0.2) is 21.5 Å². The van der Waals surface area contributed by atoms with E-state index in [1.165, 1.54) is 0 Å². The monoisotopic (exact) mass is 268 g/mol. The maximum Gasteiger partial charge on any atom is 0.243 e. The molecule has 1 aromatic carbocycles. The van der Waals surface area contributed by atoms with Crippen LogP contribution in [0.25, 0.3) is 11.0 Å². The zero-order valence-electron chi connectivity index (χ0n) is 10.4. The highest BCUT2D eigenvalue weighted by molar-refractivity contribution is 5.94. The lowest BCUT2D eigenvalue weighted by molar-refractivity contribution is -0.117. The van der Waals surface area contributed by atoms with Gasteiger partial charge in [-0.05, 0) is 26.0 Å². The lowest BCUT2D eigenvalue weighted by Gasteiger charge is -2.09. The highest BCUT2D eigenvalue weighted by Gasteiger charge is 2.13. The molecule has 0 aliphatic heterocycles. The number of carbonyl (C=O) groups is 1. The number of amides is 1. The first-order chi connectivity index (χ1) is 8.13. The molecule has 98 valence electrons. The number of halogens is 1. The van der Waals surface area contributed by atoms with E-state index in [1.54, 1.807) is 6.92 Å². The average Bonchev–Trinajstić information content (AvgIpc) is 2.65. The van der Waals surface area contributed by atoms with Crippen molar-refractivity contribution in [1.29, 1.82) is 0 Å². The second-order valence-electron chi connectivity index (χ2n) is 3.95. The molecule has 1 aromatic heterocycles. The minimum atomic E-state index is -0.542. The Morgan fingerprint density at radius 2 is 2.17 bits per heavy atom. The predicted octanol–water partition coefficient (Wildman–Crippen LogP) is 1.76. The molecule has 3 N–H and O–H groups in total. The first kappa shape index (κ1) is 14.5. The summed E-state index contributed by atoms with van der Waals surface area (Å²) in [6.45, 7) is 4.40. The van der Waals surface area contributed by atoms with Crippen LogP contribution in [0.15, 0.2) is 24.3 Å². The van der Waals surface area contributed by atoms with E-state index in [-0.39, 0.29) is 18.3 Å². The van der Waals surface area contributed by atoms with E-state index in [1.807, 2.05) is 35.8 Å². The fourth-order valence-electron chi connectivity index (χ4n) is 1.72. The third-order valence-electron chi connectivity index (χ3n) is 2.62. The molecule has 18 heavy (non-hydrogen) atoms. The molecule has 2 aromatic rings. The van der Waals surface area contributed by atoms with Gasteiger partial charge in [0.2, 0.25) is 11.9 Å². The molecule has 0 unspecified atom stereocenters. The number of para-hydroxylation sites is 2. The van der Waals surface area contributed by atoms with Gasteiger partial charge in [0.1, 0.15) is 0 Å². The summed E-state index contributed by atoms with van der Waals surface area (Å²) in [5, 5.41) is 2.74. The van der Waals surface area contributed by atoms with Crippen molar-refractivity contribution in [1.82, 2.24) is 9.55 Å². The predicted molar refractivity (Wildman–Crippen MR) is 74.9 cm³/mol. The molecule has 0 fully saturated rings. The van der Waals surface area contributed by atoms with Crippen molar-refractivity contribution >= 4 is 35.3 Å². The standard InChI is InChI=1S/C12H16N4O.ClH/c1-3-16-10-7-5-4-6-9(10)14-12(16)15-11(17)8(2)13;/h4-8H,3,13H2,1-2H3,(H,14,15,17);1H/t8-;/m0./s1. The molecule has 0 spiro atoms. The Morgan fingerprint density at radius 1 is 1.50 bits per heavy atom. The molecule has 5 nitrogen and oxygen atoms in total. The fourth-order valence-corrected chi connectivity index (χ4v) is 1.72. The minimum Gasteiger partial charge on any atom is -0.320 e. The van der Waals surface area contributed by atoms with E-state index in [0.29, 0.717) is 5.95 Å². The molecule has 0 radical (unpaired) electrons. The number of nitrogens with zero attached hydrogens (tertiary/aromatic N) is 2. The second kappa shape index (κ2) is 5.84. The fraction of sp³-hybridized carbons (Fsp3) is 0.333. The number of fused-ring (bicyclic) bond motifs is 1. The zero-order chi connectivity index (χ0) is 12.4. The zero-order valence-corrected chi connectivity index (χ0v) is 11.2. The van der Waals surface area contributed by atoms with Crippen LogP contribution in [0.2, 0.25) is 0 Å². The number of carbonyl (C=O) groups excluding carboxylic acids is 1. The van der Waals surface area contributed by atoms with Gasteiger partial charge in [0, 0.05) is 6.54 Å². The number of hydrogen-bond donors (Lipinski definition) is 2. The summed E-state index contributed by atoms with van der Waals surface area (Å²) >= 11 is 0. The minimum absolute atomic E-state index is 0. The number of hydrogen-bond acceptors (Lipinski definition) is 3. The van der Waals surface area contributed by atoms with E-state index in [9.17, 15) is 4.79 Å². The molecular weight excluding hydrogens is 252 g/mol. The highest BCUT2D eigenvalue weighted by Crippen LogP contribution is 2.19. The summed E-state index contributed by atoms with van der Waals surface area (Å²) in [6.07, 6.45) is 0. The van der Waals surface area contributed by atoms with Crippen LogP contribution in [0, 0.1) is 0 Å². The van der Waals surface area contributed by atoms with Crippen LogP contribution in [-0.2, 0) is 11.3 Å². The number of aryl methyl sites for hydroxylation is 1. The topological polar surface area (TPSA) is 72.9 Å². The Bertz CT molecular complexity index is 550. The number of rotatable bonds is 3. The molecule has 0 aliphatic carbocycles. The lowest BCUT2D eigenvalue weighted by atomic mass is 10.3. The van der Waals surface area contributed by atoms with Gasteiger partial charge >= 0.3 is 0 Å². The lowest BCUT2D eigenvalue weighted by Crippen LogP contribution is -2.33. The molecule has 0 saturated carbocycles. The molecule has 1 atom stereocenters. The Hall–Kier alpha value is -1.59. The van der Waals surface area contributed by atoms with Crippen LogP contribution in [0.1, 0.15) is 13.8 Å². The summed E-state index contributed by atoms with van der Waals surface area (Å²) in [6, 6.07) is 7.23. The van der Waals surface area contributed by atoms with E-state index in [2.05, 4.69) is 10.3 Å². The van der Waals surface area contributed by atoms with Gasteiger partial charge in [0.25, 0.3) is 0 Å². The van der Waals surface area contributed by atoms with Crippen molar-refractivity contribution in [2.75, 3.05) is 5.32 Å². The molecule has 0 saturated heterocycles. The Labute approximate surface area is 112 Å². The van der Waals surface area contributed by atoms with Crippen molar-refractivity contribution in [3.8, 4) is 0 Å². The van der Waals surface area contributed by atoms with Gasteiger partial charge in [-0.1, -0.05) is 12.1 Å². The van der Waals surface area contributed by atoms with E-state index < -0.39 is 6.04 Å². The number of benzene rings is 1. The summed E-state index contributed by atoms with van der Waals surface area (Å²) in [5.41, 5.74) is 7.40. The first-order valence-electron chi connectivity index (χ1n) is 5.65. The van der Waals surface area contributed by atoms with E-state index in [4.69, 9.17) is 5.73 Å². The molecule has 2 rings (SSSR count). The number of aromatic nitrogens is 2. The molecule has 1 heterocycles. The molecular formula is C12H17ClN4O. The van der Waals surface area contributed by atoms with Crippen LogP contribution in [0.3, 0.4) is 0 Å². The van der Waals surface area contributed by atoms with Crippen molar-refractivity contribution in [2.45, 2.75) is 26.4 Å². The molecule has 6 heteroatoms. The third-order valence-corrected chi connectivity index (χ3v) is 2.62. The van der Waals surface area contributed by atoms with E-state index >= 15 is 0 Å². The maximum atomic E-state index is 11.6. The Morgan fingerprint density at radius 3 is 2.78 bits per heavy atom. The third kappa shape index (κ3) is 2.63. The average molecular weight is 269 g/mol. The van der Waals surface area contributed by atoms with Crippen molar-refractivity contribution < 1.29 is 4.79 Å². The summed E-state index contributed by atoms with van der Waals surface area (Å²) in [4.78, 5) is 15.9. The highest BCUT2D eigenvalue weighted by atomic mass is 35.5. The van der Waals surface area contributed by atoms with Crippen molar-refractivity contribution in [3.05, 3.63) is 24.3 Å². The summed E-state index contributed by atoms with van der Waals surface area (Å²) in [7, 11) is 0. The molecule has 1 amide bonds. The molecule has 0 aliphatic rings. The van der Waals surface area contributed by atoms with Crippen LogP contribution >= 0.6 is 12.4 Å². The van der Waals surface area contributed by atoms with Gasteiger partial charge in [-0.2, -0.15) is 0 Å². The number of nitrogens with two attached hydrogens (primary N) is 1. The normalized spacial score (nSPS) is 11.9. The first-order valence-corrected chi connectivity index (χ1v) is 5.65. The quantitative estimate of drug-likeness (QED) is 0.891. The molecule has 0 bridgehead atoms. The van der Waals surface area contributed by atoms with Crippen LogP contribution < -0.4 is 11.1 Å². The van der Waals surface area contributed by atoms with Gasteiger partial charge in [0.05, 0.1) is 17.1 Å². The van der Waals surface area contributed by atoms with Gasteiger partial charge in [0.15, 0.2) is 0 Å². The number of imidazole rings is 1. The van der Waals surface area contributed by atoms with Gasteiger partial charge in [-0.3, -0.25) is 10.1 Å². The largest absolute Gasteiger partial charge is 0.320 e.